The number of hydrogen-bond acceptors (Lipinski definition) is 3. The van der Waals surface area contributed by atoms with Crippen molar-refractivity contribution in [2.45, 2.75) is 40.7 Å². The van der Waals surface area contributed by atoms with Gasteiger partial charge < -0.3 is 14.6 Å². The highest BCUT2D eigenvalue weighted by Crippen LogP contribution is 2.22. The lowest BCUT2D eigenvalue weighted by Crippen LogP contribution is -2.24. The summed E-state index contributed by atoms with van der Waals surface area (Å²) in [5, 5.41) is 3.93. The van der Waals surface area contributed by atoms with E-state index in [0.29, 0.717) is 18.8 Å². The van der Waals surface area contributed by atoms with Crippen LogP contribution in [0.15, 0.2) is 47.3 Å². The summed E-state index contributed by atoms with van der Waals surface area (Å²) in [4.78, 5) is 25.0. The first-order valence-corrected chi connectivity index (χ1v) is 9.53. The molecule has 3 aromatic rings. The highest BCUT2D eigenvalue weighted by atomic mass is 16.5. The average Bonchev–Trinajstić information content (AvgIpc) is 2.64. The van der Waals surface area contributed by atoms with E-state index in [-0.39, 0.29) is 17.9 Å². The average molecular weight is 378 g/mol. The Morgan fingerprint density at radius 2 is 1.75 bits per heavy atom. The number of carbonyl (C=O) groups excluding carboxylic acids is 1. The Labute approximate surface area is 165 Å². The van der Waals surface area contributed by atoms with Crippen molar-refractivity contribution in [3.8, 4) is 5.75 Å². The minimum Gasteiger partial charge on any atom is -0.494 e. The van der Waals surface area contributed by atoms with E-state index in [1.807, 2.05) is 52.0 Å². The fourth-order valence-corrected chi connectivity index (χ4v) is 3.53. The summed E-state index contributed by atoms with van der Waals surface area (Å²) >= 11 is 0. The molecule has 5 heteroatoms. The Kier molecular flexibility index (Phi) is 5.83. The third kappa shape index (κ3) is 4.25. The van der Waals surface area contributed by atoms with Gasteiger partial charge in [-0.05, 0) is 69.2 Å². The number of nitrogens with one attached hydrogen (secondary N) is 1. The molecule has 1 heterocycles. The van der Waals surface area contributed by atoms with E-state index in [2.05, 4.69) is 17.4 Å². The molecular weight excluding hydrogens is 352 g/mol. The zero-order chi connectivity index (χ0) is 20.3. The molecule has 0 unspecified atom stereocenters. The zero-order valence-corrected chi connectivity index (χ0v) is 16.8. The molecule has 5 nitrogen and oxygen atoms in total. The van der Waals surface area contributed by atoms with Crippen LogP contribution in [0.4, 0.5) is 5.69 Å². The summed E-state index contributed by atoms with van der Waals surface area (Å²) in [6.45, 7) is 8.86. The van der Waals surface area contributed by atoms with Gasteiger partial charge in [0.2, 0.25) is 5.91 Å². The number of fused-ring (bicyclic) bond motifs is 1. The minimum absolute atomic E-state index is 0.0779. The van der Waals surface area contributed by atoms with Gasteiger partial charge in [0.15, 0.2) is 0 Å². The van der Waals surface area contributed by atoms with Crippen molar-refractivity contribution in [3.63, 3.8) is 0 Å². The number of amides is 1. The van der Waals surface area contributed by atoms with Crippen LogP contribution in [0.25, 0.3) is 10.9 Å². The standard InChI is InChI=1S/C23H26N2O3/c1-5-28-19-8-6-18(7-9-19)24-21(26)10-11-25-22(27)14-16(3)20-13-15(2)12-17(4)23(20)25/h6-9,12-14H,5,10-11H2,1-4H3,(H,24,26). The Morgan fingerprint density at radius 3 is 2.43 bits per heavy atom. The molecule has 1 amide bonds. The van der Waals surface area contributed by atoms with Gasteiger partial charge in [0, 0.05) is 30.1 Å². The van der Waals surface area contributed by atoms with Crippen molar-refractivity contribution in [3.05, 3.63) is 69.5 Å². The van der Waals surface area contributed by atoms with Crippen LogP contribution >= 0.6 is 0 Å². The lowest BCUT2D eigenvalue weighted by atomic mass is 10.0. The maximum atomic E-state index is 12.6. The second kappa shape index (κ2) is 8.30. The van der Waals surface area contributed by atoms with Crippen LogP contribution in [0.5, 0.6) is 5.75 Å². The molecule has 0 saturated carbocycles. The van der Waals surface area contributed by atoms with Crippen LogP contribution in [-0.4, -0.2) is 17.1 Å². The predicted octanol–water partition coefficient (Wildman–Crippen LogP) is 4.35. The summed E-state index contributed by atoms with van der Waals surface area (Å²) < 4.78 is 7.11. The molecule has 28 heavy (non-hydrogen) atoms. The van der Waals surface area contributed by atoms with E-state index >= 15 is 0 Å². The highest BCUT2D eigenvalue weighted by molar-refractivity contribution is 5.91. The molecule has 0 saturated heterocycles. The van der Waals surface area contributed by atoms with Crippen LogP contribution in [0.3, 0.4) is 0 Å². The number of ether oxygens (including phenoxy) is 1. The first kappa shape index (κ1) is 19.7. The summed E-state index contributed by atoms with van der Waals surface area (Å²) in [6, 6.07) is 13.1. The van der Waals surface area contributed by atoms with E-state index in [1.54, 1.807) is 10.6 Å². The maximum Gasteiger partial charge on any atom is 0.251 e. The maximum absolute atomic E-state index is 12.6. The van der Waals surface area contributed by atoms with Crippen LogP contribution in [-0.2, 0) is 11.3 Å². The molecule has 0 aliphatic heterocycles. The van der Waals surface area contributed by atoms with Crippen LogP contribution < -0.4 is 15.6 Å². The van der Waals surface area contributed by atoms with Crippen molar-refractivity contribution in [1.29, 1.82) is 0 Å². The quantitative estimate of drug-likeness (QED) is 0.693. The van der Waals surface area contributed by atoms with E-state index in [0.717, 1.165) is 33.3 Å². The summed E-state index contributed by atoms with van der Waals surface area (Å²) in [6.07, 6.45) is 0.221. The summed E-state index contributed by atoms with van der Waals surface area (Å²) in [5.41, 5.74) is 4.70. The fraction of sp³-hybridized carbons (Fsp3) is 0.304. The molecule has 0 radical (unpaired) electrons. The summed E-state index contributed by atoms with van der Waals surface area (Å²) in [7, 11) is 0. The number of aromatic nitrogens is 1. The Morgan fingerprint density at radius 1 is 1.04 bits per heavy atom. The molecule has 0 aliphatic rings. The number of aryl methyl sites for hydroxylation is 4. The SMILES string of the molecule is CCOc1ccc(NC(=O)CCn2c(=O)cc(C)c3cc(C)cc(C)c32)cc1. The van der Waals surface area contributed by atoms with Crippen molar-refractivity contribution in [1.82, 2.24) is 4.57 Å². The molecule has 1 N–H and O–H groups in total. The van der Waals surface area contributed by atoms with Crippen molar-refractivity contribution >= 4 is 22.5 Å². The van der Waals surface area contributed by atoms with Crippen LogP contribution in [0.1, 0.15) is 30.0 Å². The Bertz CT molecular complexity index is 1070. The molecular formula is C23H26N2O3. The predicted molar refractivity (Wildman–Crippen MR) is 113 cm³/mol. The van der Waals surface area contributed by atoms with Gasteiger partial charge in [-0.2, -0.15) is 0 Å². The van der Waals surface area contributed by atoms with Crippen LogP contribution in [0, 0.1) is 20.8 Å². The van der Waals surface area contributed by atoms with Crippen molar-refractivity contribution in [2.24, 2.45) is 0 Å². The van der Waals surface area contributed by atoms with Gasteiger partial charge >= 0.3 is 0 Å². The van der Waals surface area contributed by atoms with Gasteiger partial charge in [-0.15, -0.1) is 0 Å². The summed E-state index contributed by atoms with van der Waals surface area (Å²) in [5.74, 6) is 0.637. The van der Waals surface area contributed by atoms with Crippen molar-refractivity contribution < 1.29 is 9.53 Å². The Hall–Kier alpha value is -3.08. The highest BCUT2D eigenvalue weighted by Gasteiger charge is 2.11. The third-order valence-corrected chi connectivity index (χ3v) is 4.76. The minimum atomic E-state index is -0.130. The number of benzene rings is 2. The third-order valence-electron chi connectivity index (χ3n) is 4.76. The zero-order valence-electron chi connectivity index (χ0n) is 16.8. The van der Waals surface area contributed by atoms with Gasteiger partial charge in [-0.3, -0.25) is 9.59 Å². The smallest absolute Gasteiger partial charge is 0.251 e. The van der Waals surface area contributed by atoms with Gasteiger partial charge in [0.25, 0.3) is 5.56 Å². The molecule has 0 aliphatic carbocycles. The molecule has 0 spiro atoms. The van der Waals surface area contributed by atoms with Gasteiger partial charge in [0.05, 0.1) is 12.1 Å². The van der Waals surface area contributed by atoms with Gasteiger partial charge in [-0.25, -0.2) is 0 Å². The number of carbonyl (C=O) groups is 1. The van der Waals surface area contributed by atoms with E-state index in [4.69, 9.17) is 4.74 Å². The normalized spacial score (nSPS) is 10.9. The second-order valence-electron chi connectivity index (χ2n) is 7.05. The lowest BCUT2D eigenvalue weighted by molar-refractivity contribution is -0.116. The molecule has 1 aromatic heterocycles. The van der Waals surface area contributed by atoms with Crippen molar-refractivity contribution in [2.75, 3.05) is 11.9 Å². The molecule has 0 atom stereocenters. The fourth-order valence-electron chi connectivity index (χ4n) is 3.53. The molecule has 3 rings (SSSR count). The van der Waals surface area contributed by atoms with Crippen LogP contribution in [0.2, 0.25) is 0 Å². The van der Waals surface area contributed by atoms with E-state index < -0.39 is 0 Å². The van der Waals surface area contributed by atoms with Gasteiger partial charge in [0.1, 0.15) is 5.75 Å². The first-order valence-electron chi connectivity index (χ1n) is 9.53. The molecule has 146 valence electrons. The molecule has 0 bridgehead atoms. The number of nitrogens with zero attached hydrogens (tertiary/aromatic N) is 1. The second-order valence-corrected chi connectivity index (χ2v) is 7.05. The number of anilines is 1. The van der Waals surface area contributed by atoms with E-state index in [9.17, 15) is 9.59 Å². The van der Waals surface area contributed by atoms with E-state index in [1.165, 1.54) is 0 Å². The number of rotatable bonds is 6. The number of hydrogen-bond donors (Lipinski definition) is 1. The largest absolute Gasteiger partial charge is 0.494 e. The molecule has 0 fully saturated rings. The topological polar surface area (TPSA) is 60.3 Å². The first-order chi connectivity index (χ1) is 13.4. The molecule has 2 aromatic carbocycles. The monoisotopic (exact) mass is 378 g/mol. The number of pyridine rings is 1. The van der Waals surface area contributed by atoms with Gasteiger partial charge in [-0.1, -0.05) is 11.6 Å². The lowest BCUT2D eigenvalue weighted by Gasteiger charge is -2.15. The Balaban J connectivity index is 1.78.